The van der Waals surface area contributed by atoms with E-state index in [0.29, 0.717) is 22.9 Å². The smallest absolute Gasteiger partial charge is 0.0162 e. The lowest BCUT2D eigenvalue weighted by Gasteiger charge is -2.58. The van der Waals surface area contributed by atoms with Crippen molar-refractivity contribution >= 4 is 0 Å². The summed E-state index contributed by atoms with van der Waals surface area (Å²) in [5.41, 5.74) is 6.80. The van der Waals surface area contributed by atoms with Gasteiger partial charge in [0.1, 0.15) is 0 Å². The highest BCUT2D eigenvalue weighted by Crippen LogP contribution is 2.60. The molecule has 74 valence electrons. The Bertz CT molecular complexity index is 238. The summed E-state index contributed by atoms with van der Waals surface area (Å²) < 4.78 is 0. The van der Waals surface area contributed by atoms with Gasteiger partial charge in [0.15, 0.2) is 0 Å². The molecule has 2 aliphatic rings. The van der Waals surface area contributed by atoms with Gasteiger partial charge in [-0.15, -0.1) is 6.58 Å². The number of nitrogens with two attached hydrogens (primary N) is 1. The van der Waals surface area contributed by atoms with Gasteiger partial charge in [0.2, 0.25) is 0 Å². The van der Waals surface area contributed by atoms with Crippen molar-refractivity contribution in [2.75, 3.05) is 6.54 Å². The van der Waals surface area contributed by atoms with Gasteiger partial charge in [0, 0.05) is 24.0 Å². The number of nitrogens with one attached hydrogen (secondary N) is 1. The molecule has 2 heteroatoms. The van der Waals surface area contributed by atoms with Crippen LogP contribution < -0.4 is 11.1 Å². The third kappa shape index (κ3) is 0.906. The molecule has 0 amide bonds. The first kappa shape index (κ1) is 9.22. The van der Waals surface area contributed by atoms with Crippen molar-refractivity contribution in [1.29, 1.82) is 0 Å². The Kier molecular flexibility index (Phi) is 1.83. The highest BCUT2D eigenvalue weighted by molar-refractivity contribution is 5.20. The van der Waals surface area contributed by atoms with Gasteiger partial charge in [-0.2, -0.15) is 0 Å². The van der Waals surface area contributed by atoms with E-state index < -0.39 is 0 Å². The molecule has 3 N–H and O–H groups in total. The predicted molar refractivity (Wildman–Crippen MR) is 55.4 cm³/mol. The number of rotatable bonds is 2. The summed E-state index contributed by atoms with van der Waals surface area (Å²) in [7, 11) is 0. The average molecular weight is 180 g/mol. The molecule has 1 aliphatic carbocycles. The summed E-state index contributed by atoms with van der Waals surface area (Å²) in [6, 6.07) is 0.981. The number of hydrogen-bond acceptors (Lipinski definition) is 2. The average Bonchev–Trinajstić information content (AvgIpc) is 2.28. The van der Waals surface area contributed by atoms with Crippen LogP contribution in [0.3, 0.4) is 0 Å². The molecule has 2 nitrogen and oxygen atoms in total. The van der Waals surface area contributed by atoms with Crippen LogP contribution in [0.1, 0.15) is 26.7 Å². The van der Waals surface area contributed by atoms with Crippen LogP contribution in [0, 0.1) is 10.8 Å². The first-order valence-corrected chi connectivity index (χ1v) is 5.14. The molecule has 0 aromatic heterocycles. The fourth-order valence-corrected chi connectivity index (χ4v) is 3.15. The first-order chi connectivity index (χ1) is 6.04. The molecule has 1 saturated carbocycles. The van der Waals surface area contributed by atoms with Gasteiger partial charge in [0.25, 0.3) is 0 Å². The minimum absolute atomic E-state index is 0.320. The zero-order valence-electron chi connectivity index (χ0n) is 8.64. The van der Waals surface area contributed by atoms with Crippen molar-refractivity contribution in [3.8, 4) is 0 Å². The standard InChI is InChI=1S/C11H20N2/c1-4-5-9-10(2)6-8(12)11(10,3)7-13-9/h4,8-9,13H,1,5-7,12H2,2-3H3/t8-,9-,10-,11-/m1/s1. The zero-order valence-corrected chi connectivity index (χ0v) is 8.64. The number of hydrogen-bond donors (Lipinski definition) is 2. The lowest BCUT2D eigenvalue weighted by molar-refractivity contribution is -0.0452. The van der Waals surface area contributed by atoms with E-state index >= 15 is 0 Å². The highest BCUT2D eigenvalue weighted by atomic mass is 15.1. The second kappa shape index (κ2) is 2.58. The van der Waals surface area contributed by atoms with Gasteiger partial charge < -0.3 is 11.1 Å². The van der Waals surface area contributed by atoms with Crippen LogP contribution >= 0.6 is 0 Å². The van der Waals surface area contributed by atoms with Crippen molar-refractivity contribution in [2.24, 2.45) is 16.6 Å². The third-order valence-corrected chi connectivity index (χ3v) is 4.65. The van der Waals surface area contributed by atoms with Gasteiger partial charge in [0.05, 0.1) is 0 Å². The number of fused-ring (bicyclic) bond motifs is 1. The molecular weight excluding hydrogens is 160 g/mol. The molecular formula is C11H20N2. The minimum atomic E-state index is 0.320. The molecule has 13 heavy (non-hydrogen) atoms. The van der Waals surface area contributed by atoms with Crippen LogP contribution in [0.25, 0.3) is 0 Å². The monoisotopic (exact) mass is 180 g/mol. The van der Waals surface area contributed by atoms with Crippen LogP contribution in [0.15, 0.2) is 12.7 Å². The Balaban J connectivity index is 2.19. The van der Waals surface area contributed by atoms with Crippen molar-refractivity contribution in [2.45, 2.75) is 38.8 Å². The third-order valence-electron chi connectivity index (χ3n) is 4.65. The summed E-state index contributed by atoms with van der Waals surface area (Å²) in [5, 5.41) is 3.58. The van der Waals surface area contributed by atoms with Crippen molar-refractivity contribution in [1.82, 2.24) is 5.32 Å². The molecule has 0 aromatic carbocycles. The second-order valence-electron chi connectivity index (χ2n) is 5.10. The highest BCUT2D eigenvalue weighted by Gasteiger charge is 2.64. The SMILES string of the molecule is C=CC[C@H]1NC[C@]2(C)[C@H](N)C[C@]12C. The van der Waals surface area contributed by atoms with E-state index in [1.807, 2.05) is 6.08 Å². The van der Waals surface area contributed by atoms with E-state index in [1.54, 1.807) is 0 Å². The summed E-state index contributed by atoms with van der Waals surface area (Å²) >= 11 is 0. The molecule has 0 bridgehead atoms. The molecule has 2 rings (SSSR count). The lowest BCUT2D eigenvalue weighted by Crippen LogP contribution is -2.63. The lowest BCUT2D eigenvalue weighted by atomic mass is 9.48. The van der Waals surface area contributed by atoms with E-state index in [4.69, 9.17) is 5.73 Å². The Morgan fingerprint density at radius 2 is 2.23 bits per heavy atom. The van der Waals surface area contributed by atoms with E-state index in [1.165, 1.54) is 0 Å². The van der Waals surface area contributed by atoms with Gasteiger partial charge >= 0.3 is 0 Å². The zero-order chi connectivity index (χ0) is 9.69. The minimum Gasteiger partial charge on any atom is -0.327 e. The maximum atomic E-state index is 6.08. The van der Waals surface area contributed by atoms with Crippen molar-refractivity contribution in [3.05, 3.63) is 12.7 Å². The largest absolute Gasteiger partial charge is 0.327 e. The van der Waals surface area contributed by atoms with Crippen LogP contribution in [0.4, 0.5) is 0 Å². The molecule has 0 radical (unpaired) electrons. The fraction of sp³-hybridized carbons (Fsp3) is 0.818. The molecule has 1 heterocycles. The topological polar surface area (TPSA) is 38.0 Å². The van der Waals surface area contributed by atoms with E-state index in [-0.39, 0.29) is 0 Å². The Hall–Kier alpha value is -0.340. The second-order valence-corrected chi connectivity index (χ2v) is 5.10. The van der Waals surface area contributed by atoms with E-state index in [9.17, 15) is 0 Å². The molecule has 1 saturated heterocycles. The summed E-state index contributed by atoms with van der Waals surface area (Å²) in [5.74, 6) is 0. The predicted octanol–water partition coefficient (Wildman–Crippen LogP) is 1.28. The molecule has 0 spiro atoms. The van der Waals surface area contributed by atoms with Crippen LogP contribution in [0.2, 0.25) is 0 Å². The van der Waals surface area contributed by atoms with Gasteiger partial charge in [-0.1, -0.05) is 19.9 Å². The van der Waals surface area contributed by atoms with Gasteiger partial charge in [-0.3, -0.25) is 0 Å². The van der Waals surface area contributed by atoms with Gasteiger partial charge in [-0.25, -0.2) is 0 Å². The van der Waals surface area contributed by atoms with Crippen molar-refractivity contribution in [3.63, 3.8) is 0 Å². The molecule has 1 aliphatic heterocycles. The summed E-state index contributed by atoms with van der Waals surface area (Å²) in [4.78, 5) is 0. The first-order valence-electron chi connectivity index (χ1n) is 5.14. The quantitative estimate of drug-likeness (QED) is 0.628. The Morgan fingerprint density at radius 1 is 1.54 bits per heavy atom. The maximum Gasteiger partial charge on any atom is 0.0162 e. The van der Waals surface area contributed by atoms with E-state index in [2.05, 4.69) is 25.7 Å². The van der Waals surface area contributed by atoms with Crippen LogP contribution in [-0.2, 0) is 0 Å². The van der Waals surface area contributed by atoms with Crippen LogP contribution in [0.5, 0.6) is 0 Å². The fourth-order valence-electron chi connectivity index (χ4n) is 3.15. The molecule has 0 aromatic rings. The van der Waals surface area contributed by atoms with E-state index in [0.717, 1.165) is 19.4 Å². The molecule has 0 unspecified atom stereocenters. The maximum absolute atomic E-state index is 6.08. The van der Waals surface area contributed by atoms with Gasteiger partial charge in [-0.05, 0) is 18.3 Å². The molecule has 2 fully saturated rings. The summed E-state index contributed by atoms with van der Waals surface area (Å²) in [6.45, 7) is 9.56. The van der Waals surface area contributed by atoms with Crippen molar-refractivity contribution < 1.29 is 0 Å². The van der Waals surface area contributed by atoms with Crippen LogP contribution in [-0.4, -0.2) is 18.6 Å². The normalized spacial score (nSPS) is 54.1. The summed E-state index contributed by atoms with van der Waals surface area (Å²) in [6.07, 6.45) is 4.24. The Morgan fingerprint density at radius 3 is 2.69 bits per heavy atom. The Labute approximate surface area is 80.6 Å². The molecule has 4 atom stereocenters.